The predicted molar refractivity (Wildman–Crippen MR) is 109 cm³/mol. The van der Waals surface area contributed by atoms with Crippen LogP contribution in [0.3, 0.4) is 0 Å². The van der Waals surface area contributed by atoms with Crippen LogP contribution in [0.4, 0.5) is 11.4 Å². The molecule has 5 heteroatoms. The first-order valence-electron chi connectivity index (χ1n) is 9.38. The van der Waals surface area contributed by atoms with Crippen LogP contribution in [0.2, 0.25) is 0 Å². The first-order valence-corrected chi connectivity index (χ1v) is 9.38. The molecule has 2 heterocycles. The summed E-state index contributed by atoms with van der Waals surface area (Å²) in [6.07, 6.45) is 1.83. The van der Waals surface area contributed by atoms with Crippen LogP contribution in [0.25, 0.3) is 6.08 Å². The topological polar surface area (TPSA) is 48.4 Å². The van der Waals surface area contributed by atoms with Gasteiger partial charge in [-0.15, -0.1) is 0 Å². The number of nitrogens with zero attached hydrogens (tertiary/aromatic N) is 3. The van der Waals surface area contributed by atoms with Gasteiger partial charge in [0.05, 0.1) is 17.9 Å². The SMILES string of the molecule is CCN(CC)c1ccc(/C=C2/C(=O)N(c3ccccc3)N=C2C2CO2)cc1. The van der Waals surface area contributed by atoms with E-state index in [1.54, 1.807) is 0 Å². The lowest BCUT2D eigenvalue weighted by Gasteiger charge is -2.20. The van der Waals surface area contributed by atoms with Crippen molar-refractivity contribution in [2.75, 3.05) is 29.6 Å². The second-order valence-corrected chi connectivity index (χ2v) is 6.58. The highest BCUT2D eigenvalue weighted by Gasteiger charge is 2.41. The zero-order valence-electron chi connectivity index (χ0n) is 15.6. The third-order valence-electron chi connectivity index (χ3n) is 4.88. The highest BCUT2D eigenvalue weighted by Crippen LogP contribution is 2.30. The van der Waals surface area contributed by atoms with E-state index in [1.807, 2.05) is 48.5 Å². The molecule has 0 bridgehead atoms. The van der Waals surface area contributed by atoms with Crippen molar-refractivity contribution in [2.24, 2.45) is 5.10 Å². The molecule has 1 saturated heterocycles. The van der Waals surface area contributed by atoms with Crippen molar-refractivity contribution >= 4 is 29.1 Å². The Morgan fingerprint density at radius 3 is 2.37 bits per heavy atom. The average Bonchev–Trinajstić information content (AvgIpc) is 3.50. The maximum atomic E-state index is 13.0. The maximum absolute atomic E-state index is 13.0. The molecule has 1 fully saturated rings. The number of hydrogen-bond acceptors (Lipinski definition) is 4. The van der Waals surface area contributed by atoms with E-state index in [0.717, 1.165) is 30.1 Å². The summed E-state index contributed by atoms with van der Waals surface area (Å²) < 4.78 is 5.42. The summed E-state index contributed by atoms with van der Waals surface area (Å²) in [6.45, 7) is 6.85. The van der Waals surface area contributed by atoms with Crippen molar-refractivity contribution < 1.29 is 9.53 Å². The summed E-state index contributed by atoms with van der Waals surface area (Å²) in [5.41, 5.74) is 4.26. The smallest absolute Gasteiger partial charge is 0.280 e. The molecule has 138 valence electrons. The van der Waals surface area contributed by atoms with E-state index in [2.05, 4.69) is 36.0 Å². The van der Waals surface area contributed by atoms with Crippen LogP contribution >= 0.6 is 0 Å². The molecule has 2 aliphatic heterocycles. The first-order chi connectivity index (χ1) is 13.2. The molecule has 2 aromatic rings. The largest absolute Gasteiger partial charge is 0.372 e. The molecule has 27 heavy (non-hydrogen) atoms. The van der Waals surface area contributed by atoms with Crippen LogP contribution in [0.5, 0.6) is 0 Å². The fraction of sp³-hybridized carbons (Fsp3) is 0.273. The van der Waals surface area contributed by atoms with E-state index >= 15 is 0 Å². The molecule has 0 aromatic heterocycles. The molecule has 1 atom stereocenters. The van der Waals surface area contributed by atoms with E-state index in [9.17, 15) is 4.79 Å². The Hall–Kier alpha value is -2.92. The molecule has 0 N–H and O–H groups in total. The standard InChI is InChI=1S/C22H23N3O2/c1-3-24(4-2)17-12-10-16(11-13-17)14-19-21(20-15-27-20)23-25(22(19)26)18-8-6-5-7-9-18/h5-14,20H,3-4,15H2,1-2H3/b19-14+. The van der Waals surface area contributed by atoms with Crippen molar-refractivity contribution in [3.63, 3.8) is 0 Å². The van der Waals surface area contributed by atoms with E-state index in [0.29, 0.717) is 12.2 Å². The monoisotopic (exact) mass is 361 g/mol. The van der Waals surface area contributed by atoms with Gasteiger partial charge in [0.2, 0.25) is 0 Å². The van der Waals surface area contributed by atoms with E-state index in [-0.39, 0.29) is 12.0 Å². The Kier molecular flexibility index (Phi) is 4.77. The Morgan fingerprint density at radius 1 is 1.11 bits per heavy atom. The van der Waals surface area contributed by atoms with Crippen LogP contribution in [-0.4, -0.2) is 37.4 Å². The van der Waals surface area contributed by atoms with Crippen molar-refractivity contribution in [1.29, 1.82) is 0 Å². The lowest BCUT2D eigenvalue weighted by Crippen LogP contribution is -2.22. The zero-order valence-corrected chi connectivity index (χ0v) is 15.6. The molecule has 1 amide bonds. The van der Waals surface area contributed by atoms with Crippen LogP contribution in [0.15, 0.2) is 65.3 Å². The summed E-state index contributed by atoms with van der Waals surface area (Å²) in [5, 5.41) is 6.02. The van der Waals surface area contributed by atoms with Crippen LogP contribution < -0.4 is 9.91 Å². The molecule has 0 aliphatic carbocycles. The van der Waals surface area contributed by atoms with E-state index in [4.69, 9.17) is 4.74 Å². The van der Waals surface area contributed by atoms with Gasteiger partial charge in [0.15, 0.2) is 0 Å². The zero-order chi connectivity index (χ0) is 18.8. The van der Waals surface area contributed by atoms with Gasteiger partial charge in [0.1, 0.15) is 11.8 Å². The average molecular weight is 361 g/mol. The number of epoxide rings is 1. The number of para-hydroxylation sites is 1. The Labute approximate surface area is 159 Å². The number of carbonyl (C=O) groups is 1. The van der Waals surface area contributed by atoms with Crippen LogP contribution in [0.1, 0.15) is 19.4 Å². The minimum absolute atomic E-state index is 0.0798. The Balaban J connectivity index is 1.64. The maximum Gasteiger partial charge on any atom is 0.280 e. The van der Waals surface area contributed by atoms with Gasteiger partial charge < -0.3 is 9.64 Å². The molecule has 2 aliphatic rings. The highest BCUT2D eigenvalue weighted by atomic mass is 16.6. The van der Waals surface area contributed by atoms with Gasteiger partial charge in [0.25, 0.3) is 5.91 Å². The van der Waals surface area contributed by atoms with Gasteiger partial charge in [-0.25, -0.2) is 0 Å². The van der Waals surface area contributed by atoms with E-state index < -0.39 is 0 Å². The second kappa shape index (κ2) is 7.37. The van der Waals surface area contributed by atoms with Crippen LogP contribution in [0, 0.1) is 0 Å². The number of amides is 1. The molecule has 0 radical (unpaired) electrons. The third-order valence-corrected chi connectivity index (χ3v) is 4.88. The van der Waals surface area contributed by atoms with Gasteiger partial charge in [0, 0.05) is 18.8 Å². The number of benzene rings is 2. The second-order valence-electron chi connectivity index (χ2n) is 6.58. The normalized spacial score (nSPS) is 20.1. The predicted octanol–water partition coefficient (Wildman–Crippen LogP) is 3.72. The Morgan fingerprint density at radius 2 is 1.78 bits per heavy atom. The number of hydrogen-bond donors (Lipinski definition) is 0. The quantitative estimate of drug-likeness (QED) is 0.582. The lowest BCUT2D eigenvalue weighted by atomic mass is 10.0. The molecular formula is C22H23N3O2. The number of ether oxygens (including phenoxy) is 1. The molecule has 0 spiro atoms. The fourth-order valence-electron chi connectivity index (χ4n) is 3.29. The van der Waals surface area contributed by atoms with Crippen molar-refractivity contribution in [1.82, 2.24) is 0 Å². The van der Waals surface area contributed by atoms with Crippen molar-refractivity contribution in [2.45, 2.75) is 20.0 Å². The summed E-state index contributed by atoms with van der Waals surface area (Å²) in [7, 11) is 0. The number of carbonyl (C=O) groups excluding carboxylic acids is 1. The summed E-state index contributed by atoms with van der Waals surface area (Å²) in [6, 6.07) is 17.8. The van der Waals surface area contributed by atoms with Crippen LogP contribution in [-0.2, 0) is 9.53 Å². The van der Waals surface area contributed by atoms with Crippen molar-refractivity contribution in [3.05, 3.63) is 65.7 Å². The van der Waals surface area contributed by atoms with Gasteiger partial charge in [-0.05, 0) is 49.8 Å². The summed E-state index contributed by atoms with van der Waals surface area (Å²) >= 11 is 0. The van der Waals surface area contributed by atoms with Gasteiger partial charge in [-0.3, -0.25) is 4.79 Å². The Bertz CT molecular complexity index is 880. The van der Waals surface area contributed by atoms with E-state index in [1.165, 1.54) is 10.7 Å². The van der Waals surface area contributed by atoms with Crippen molar-refractivity contribution in [3.8, 4) is 0 Å². The minimum atomic E-state index is -0.112. The lowest BCUT2D eigenvalue weighted by molar-refractivity contribution is -0.114. The summed E-state index contributed by atoms with van der Waals surface area (Å²) in [4.78, 5) is 15.3. The number of hydrazone groups is 1. The minimum Gasteiger partial charge on any atom is -0.372 e. The molecule has 4 rings (SSSR count). The van der Waals surface area contributed by atoms with Gasteiger partial charge >= 0.3 is 0 Å². The third kappa shape index (κ3) is 3.51. The first kappa shape index (κ1) is 17.5. The molecule has 5 nitrogen and oxygen atoms in total. The fourth-order valence-corrected chi connectivity index (χ4v) is 3.29. The van der Waals surface area contributed by atoms with Gasteiger partial charge in [-0.2, -0.15) is 10.1 Å². The summed E-state index contributed by atoms with van der Waals surface area (Å²) in [5.74, 6) is -0.112. The number of rotatable bonds is 6. The number of anilines is 2. The molecule has 2 aromatic carbocycles. The molecule has 1 unspecified atom stereocenters. The highest BCUT2D eigenvalue weighted by molar-refractivity contribution is 6.34. The molecule has 0 saturated carbocycles. The van der Waals surface area contributed by atoms with Gasteiger partial charge in [-0.1, -0.05) is 30.3 Å². The molecular weight excluding hydrogens is 338 g/mol.